The van der Waals surface area contributed by atoms with Crippen molar-refractivity contribution in [2.75, 3.05) is 20.1 Å². The van der Waals surface area contributed by atoms with Crippen molar-refractivity contribution >= 4 is 11.9 Å². The summed E-state index contributed by atoms with van der Waals surface area (Å²) in [5.41, 5.74) is 3.50. The van der Waals surface area contributed by atoms with Gasteiger partial charge in [-0.25, -0.2) is 0 Å². The topological polar surface area (TPSA) is 57.2 Å². The number of aliphatic imine (C=N–C) groups is 1. The molecule has 26 heavy (non-hydrogen) atoms. The normalized spacial score (nSPS) is 19.9. The average Bonchev–Trinajstić information content (AvgIpc) is 3.01. The number of hydrogen-bond donors (Lipinski definition) is 1. The molecule has 1 aromatic rings. The fourth-order valence-corrected chi connectivity index (χ4v) is 4.16. The molecule has 0 bridgehead atoms. The average molecular weight is 358 g/mol. The summed E-state index contributed by atoms with van der Waals surface area (Å²) in [5, 5.41) is 3.41. The Labute approximate surface area is 156 Å². The molecule has 0 unspecified atom stereocenters. The van der Waals surface area contributed by atoms with E-state index < -0.39 is 0 Å². The van der Waals surface area contributed by atoms with E-state index in [2.05, 4.69) is 61.1 Å². The minimum Gasteiger partial charge on any atom is -0.372 e. The molecule has 6 nitrogen and oxygen atoms in total. The monoisotopic (exact) mass is 358 g/mol. The summed E-state index contributed by atoms with van der Waals surface area (Å²) < 4.78 is 5.48. The molecule has 0 aromatic heterocycles. The lowest BCUT2D eigenvalue weighted by molar-refractivity contribution is -0.145. The lowest BCUT2D eigenvalue weighted by Gasteiger charge is -2.49. The third-order valence-electron chi connectivity index (χ3n) is 5.09. The summed E-state index contributed by atoms with van der Waals surface area (Å²) in [4.78, 5) is 21.1. The summed E-state index contributed by atoms with van der Waals surface area (Å²) in [7, 11) is 1.77. The molecule has 2 aliphatic rings. The highest BCUT2D eigenvalue weighted by Gasteiger charge is 2.40. The Morgan fingerprint density at radius 2 is 2.04 bits per heavy atom. The predicted molar refractivity (Wildman–Crippen MR) is 103 cm³/mol. The van der Waals surface area contributed by atoms with Crippen LogP contribution >= 0.6 is 0 Å². The van der Waals surface area contributed by atoms with Crippen molar-refractivity contribution < 1.29 is 9.53 Å². The van der Waals surface area contributed by atoms with Gasteiger partial charge in [-0.1, -0.05) is 18.2 Å². The standard InChI is InChI=1S/C20H30N4O2/c1-14(2)24-18(25)10-23(13-20(24,3)4)19(21-5)22-9-15-6-7-16-11-26-12-17(16)8-15/h6-8,14H,9-13H2,1-5H3,(H,21,22). The van der Waals surface area contributed by atoms with Gasteiger partial charge in [-0.2, -0.15) is 0 Å². The Bertz CT molecular complexity index is 712. The molecule has 1 amide bonds. The van der Waals surface area contributed by atoms with Gasteiger partial charge in [-0.05, 0) is 44.4 Å². The molecule has 2 heterocycles. The van der Waals surface area contributed by atoms with Crippen LogP contribution in [0.4, 0.5) is 0 Å². The molecule has 6 heteroatoms. The number of hydrogen-bond acceptors (Lipinski definition) is 3. The summed E-state index contributed by atoms with van der Waals surface area (Å²) in [6, 6.07) is 6.65. The Hall–Kier alpha value is -2.08. The highest BCUT2D eigenvalue weighted by molar-refractivity contribution is 5.88. The SMILES string of the molecule is CN=C(NCc1ccc2c(c1)COC2)N1CC(=O)N(C(C)C)C(C)(C)C1. The van der Waals surface area contributed by atoms with E-state index >= 15 is 0 Å². The molecule has 0 aliphatic carbocycles. The minimum absolute atomic E-state index is 0.147. The molecule has 3 rings (SSSR count). The first-order valence-electron chi connectivity index (χ1n) is 9.28. The molecule has 1 N–H and O–H groups in total. The quantitative estimate of drug-likeness (QED) is 0.664. The number of amides is 1. The third-order valence-corrected chi connectivity index (χ3v) is 5.09. The van der Waals surface area contributed by atoms with E-state index in [4.69, 9.17) is 4.74 Å². The van der Waals surface area contributed by atoms with Gasteiger partial charge in [-0.3, -0.25) is 9.79 Å². The molecular weight excluding hydrogens is 328 g/mol. The molecule has 1 fully saturated rings. The van der Waals surface area contributed by atoms with Gasteiger partial charge in [-0.15, -0.1) is 0 Å². The number of carbonyl (C=O) groups is 1. The predicted octanol–water partition coefficient (Wildman–Crippen LogP) is 2.12. The molecule has 1 saturated heterocycles. The fraction of sp³-hybridized carbons (Fsp3) is 0.600. The molecular formula is C20H30N4O2. The molecule has 2 aliphatic heterocycles. The first-order valence-corrected chi connectivity index (χ1v) is 9.28. The van der Waals surface area contributed by atoms with Gasteiger partial charge < -0.3 is 19.9 Å². The number of nitrogens with zero attached hydrogens (tertiary/aromatic N) is 3. The van der Waals surface area contributed by atoms with Crippen molar-refractivity contribution in [1.29, 1.82) is 0 Å². The van der Waals surface area contributed by atoms with E-state index in [1.165, 1.54) is 16.7 Å². The van der Waals surface area contributed by atoms with Gasteiger partial charge in [0.25, 0.3) is 0 Å². The first-order chi connectivity index (χ1) is 12.3. The van der Waals surface area contributed by atoms with Crippen LogP contribution in [0.1, 0.15) is 44.4 Å². The zero-order chi connectivity index (χ0) is 18.9. The summed E-state index contributed by atoms with van der Waals surface area (Å²) in [6.45, 7) is 11.6. The lowest BCUT2D eigenvalue weighted by Crippen LogP contribution is -2.66. The van der Waals surface area contributed by atoms with Crippen LogP contribution in [-0.4, -0.2) is 53.4 Å². The van der Waals surface area contributed by atoms with Crippen LogP contribution in [0.15, 0.2) is 23.2 Å². The van der Waals surface area contributed by atoms with Crippen LogP contribution in [0.25, 0.3) is 0 Å². The van der Waals surface area contributed by atoms with Gasteiger partial charge in [0, 0.05) is 26.2 Å². The number of rotatable bonds is 3. The lowest BCUT2D eigenvalue weighted by atomic mass is 9.96. The number of benzene rings is 1. The third kappa shape index (κ3) is 3.70. The maximum atomic E-state index is 12.7. The van der Waals surface area contributed by atoms with E-state index in [9.17, 15) is 4.79 Å². The summed E-state index contributed by atoms with van der Waals surface area (Å²) >= 11 is 0. The van der Waals surface area contributed by atoms with E-state index in [1.807, 2.05) is 4.90 Å². The summed E-state index contributed by atoms with van der Waals surface area (Å²) in [5.74, 6) is 0.917. The summed E-state index contributed by atoms with van der Waals surface area (Å²) in [6.07, 6.45) is 0. The Morgan fingerprint density at radius 3 is 2.69 bits per heavy atom. The number of nitrogens with one attached hydrogen (secondary N) is 1. The van der Waals surface area contributed by atoms with Crippen LogP contribution < -0.4 is 5.32 Å². The van der Waals surface area contributed by atoms with Crippen molar-refractivity contribution in [3.8, 4) is 0 Å². The first kappa shape index (κ1) is 18.7. The van der Waals surface area contributed by atoms with Crippen molar-refractivity contribution in [1.82, 2.24) is 15.1 Å². The Balaban J connectivity index is 1.67. The zero-order valence-electron chi connectivity index (χ0n) is 16.5. The second-order valence-corrected chi connectivity index (χ2v) is 8.02. The molecule has 0 radical (unpaired) electrons. The van der Waals surface area contributed by atoms with Crippen LogP contribution in [0.5, 0.6) is 0 Å². The molecule has 0 saturated carbocycles. The molecule has 0 spiro atoms. The highest BCUT2D eigenvalue weighted by atomic mass is 16.5. The minimum atomic E-state index is -0.230. The highest BCUT2D eigenvalue weighted by Crippen LogP contribution is 2.25. The van der Waals surface area contributed by atoms with E-state index in [0.29, 0.717) is 26.3 Å². The second kappa shape index (κ2) is 7.27. The van der Waals surface area contributed by atoms with Crippen LogP contribution in [-0.2, 0) is 29.3 Å². The van der Waals surface area contributed by atoms with E-state index in [0.717, 1.165) is 12.5 Å². The van der Waals surface area contributed by atoms with Crippen molar-refractivity contribution in [3.05, 3.63) is 34.9 Å². The fourth-order valence-electron chi connectivity index (χ4n) is 4.16. The number of carbonyl (C=O) groups excluding carboxylic acids is 1. The number of piperazine rings is 1. The van der Waals surface area contributed by atoms with Crippen molar-refractivity contribution in [2.24, 2.45) is 4.99 Å². The molecule has 1 aromatic carbocycles. The molecule has 0 atom stereocenters. The van der Waals surface area contributed by atoms with Crippen LogP contribution in [0.3, 0.4) is 0 Å². The zero-order valence-corrected chi connectivity index (χ0v) is 16.5. The number of fused-ring (bicyclic) bond motifs is 1. The van der Waals surface area contributed by atoms with E-state index in [1.54, 1.807) is 7.05 Å². The smallest absolute Gasteiger partial charge is 0.242 e. The Morgan fingerprint density at radius 1 is 1.31 bits per heavy atom. The van der Waals surface area contributed by atoms with Crippen LogP contribution in [0, 0.1) is 0 Å². The maximum absolute atomic E-state index is 12.7. The van der Waals surface area contributed by atoms with Gasteiger partial charge in [0.15, 0.2) is 5.96 Å². The maximum Gasteiger partial charge on any atom is 0.242 e. The number of ether oxygens (including phenoxy) is 1. The van der Waals surface area contributed by atoms with Gasteiger partial charge >= 0.3 is 0 Å². The van der Waals surface area contributed by atoms with Crippen molar-refractivity contribution in [2.45, 2.75) is 59.0 Å². The molecule has 142 valence electrons. The van der Waals surface area contributed by atoms with Crippen LogP contribution in [0.2, 0.25) is 0 Å². The second-order valence-electron chi connectivity index (χ2n) is 8.02. The van der Waals surface area contributed by atoms with Gasteiger partial charge in [0.05, 0.1) is 25.3 Å². The number of guanidine groups is 1. The van der Waals surface area contributed by atoms with Crippen molar-refractivity contribution in [3.63, 3.8) is 0 Å². The van der Waals surface area contributed by atoms with Gasteiger partial charge in [0.2, 0.25) is 5.91 Å². The van der Waals surface area contributed by atoms with E-state index in [-0.39, 0.29) is 17.5 Å². The largest absolute Gasteiger partial charge is 0.372 e. The van der Waals surface area contributed by atoms with Gasteiger partial charge in [0.1, 0.15) is 0 Å². The Kier molecular flexibility index (Phi) is 5.23.